The molecule has 1 aromatic heterocycles. The summed E-state index contributed by atoms with van der Waals surface area (Å²) < 4.78 is 0. The van der Waals surface area contributed by atoms with E-state index in [0.717, 1.165) is 12.1 Å². The third kappa shape index (κ3) is 3.27. The van der Waals surface area contributed by atoms with Gasteiger partial charge in [-0.15, -0.1) is 11.3 Å². The molecular weight excluding hydrogens is 232 g/mol. The Balaban J connectivity index is 2.00. The molecule has 0 spiro atoms. The Morgan fingerprint density at radius 2 is 2.35 bits per heavy atom. The highest BCUT2D eigenvalue weighted by Crippen LogP contribution is 2.24. The van der Waals surface area contributed by atoms with Crippen molar-refractivity contribution in [1.82, 2.24) is 9.88 Å². The van der Waals surface area contributed by atoms with Gasteiger partial charge in [0.1, 0.15) is 0 Å². The molecule has 3 nitrogen and oxygen atoms in total. The maximum absolute atomic E-state index is 9.03. The van der Waals surface area contributed by atoms with Crippen LogP contribution >= 0.6 is 11.3 Å². The van der Waals surface area contributed by atoms with Gasteiger partial charge < -0.3 is 5.11 Å². The first-order valence-corrected chi connectivity index (χ1v) is 7.38. The van der Waals surface area contributed by atoms with Gasteiger partial charge in [-0.05, 0) is 33.2 Å². The zero-order valence-electron chi connectivity index (χ0n) is 10.7. The van der Waals surface area contributed by atoms with Crippen LogP contribution in [0.5, 0.6) is 0 Å². The largest absolute Gasteiger partial charge is 0.390 e. The minimum Gasteiger partial charge on any atom is -0.390 e. The lowest BCUT2D eigenvalue weighted by molar-refractivity contribution is 0.111. The van der Waals surface area contributed by atoms with Gasteiger partial charge in [-0.25, -0.2) is 4.98 Å². The van der Waals surface area contributed by atoms with Crippen LogP contribution in [0.2, 0.25) is 0 Å². The van der Waals surface area contributed by atoms with Crippen molar-refractivity contribution in [3.8, 4) is 0 Å². The Labute approximate surface area is 107 Å². The molecule has 1 N–H and O–H groups in total. The second-order valence-corrected chi connectivity index (χ2v) is 6.02. The molecule has 4 heteroatoms. The van der Waals surface area contributed by atoms with E-state index in [2.05, 4.69) is 23.7 Å². The molecule has 1 unspecified atom stereocenters. The lowest BCUT2D eigenvalue weighted by atomic mass is 9.98. The number of aliphatic hydroxyl groups is 1. The normalized spacial score (nSPS) is 22.2. The van der Waals surface area contributed by atoms with E-state index in [1.165, 1.54) is 30.8 Å². The van der Waals surface area contributed by atoms with Crippen LogP contribution < -0.4 is 0 Å². The van der Waals surface area contributed by atoms with Crippen molar-refractivity contribution in [2.24, 2.45) is 0 Å². The average molecular weight is 254 g/mol. The molecule has 1 saturated heterocycles. The van der Waals surface area contributed by atoms with Gasteiger partial charge in [-0.1, -0.05) is 6.42 Å². The van der Waals surface area contributed by atoms with Gasteiger partial charge in [0.05, 0.1) is 17.3 Å². The second-order valence-electron chi connectivity index (χ2n) is 5.08. The van der Waals surface area contributed by atoms with E-state index >= 15 is 0 Å². The summed E-state index contributed by atoms with van der Waals surface area (Å²) in [6.45, 7) is 5.84. The smallest absolute Gasteiger partial charge is 0.0944 e. The number of aliphatic hydroxyl groups excluding tert-OH is 1. The highest BCUT2D eigenvalue weighted by molar-refractivity contribution is 7.09. The predicted octanol–water partition coefficient (Wildman–Crippen LogP) is 2.44. The Bertz CT molecular complexity index is 351. The van der Waals surface area contributed by atoms with Crippen molar-refractivity contribution in [3.05, 3.63) is 16.1 Å². The number of hydrogen-bond donors (Lipinski definition) is 1. The number of nitrogens with zero attached hydrogens (tertiary/aromatic N) is 2. The van der Waals surface area contributed by atoms with Crippen LogP contribution in [0, 0.1) is 0 Å². The van der Waals surface area contributed by atoms with Crippen LogP contribution in [0.25, 0.3) is 0 Å². The highest BCUT2D eigenvalue weighted by Gasteiger charge is 2.25. The Morgan fingerprint density at radius 3 is 3.00 bits per heavy atom. The van der Waals surface area contributed by atoms with Crippen molar-refractivity contribution >= 4 is 11.3 Å². The second kappa shape index (κ2) is 5.94. The predicted molar refractivity (Wildman–Crippen MR) is 71.2 cm³/mol. The van der Waals surface area contributed by atoms with Crippen molar-refractivity contribution in [3.63, 3.8) is 0 Å². The topological polar surface area (TPSA) is 36.4 Å². The van der Waals surface area contributed by atoms with E-state index in [1.54, 1.807) is 11.3 Å². The first kappa shape index (κ1) is 13.0. The van der Waals surface area contributed by atoms with E-state index in [-0.39, 0.29) is 6.61 Å². The molecule has 0 saturated carbocycles. The van der Waals surface area contributed by atoms with Gasteiger partial charge in [-0.3, -0.25) is 4.90 Å². The summed E-state index contributed by atoms with van der Waals surface area (Å²) in [7, 11) is 0. The number of piperidine rings is 1. The van der Waals surface area contributed by atoms with Crippen molar-refractivity contribution < 1.29 is 5.11 Å². The van der Waals surface area contributed by atoms with Crippen molar-refractivity contribution in [2.45, 2.75) is 58.2 Å². The van der Waals surface area contributed by atoms with Crippen molar-refractivity contribution in [2.75, 3.05) is 6.54 Å². The van der Waals surface area contributed by atoms with Crippen LogP contribution in [0.3, 0.4) is 0 Å². The summed E-state index contributed by atoms with van der Waals surface area (Å²) in [5, 5.41) is 12.2. The SMILES string of the molecule is CC(C)N1CCCCC1Cc1nc(CO)cs1. The molecule has 1 aliphatic rings. The summed E-state index contributed by atoms with van der Waals surface area (Å²) >= 11 is 1.68. The summed E-state index contributed by atoms with van der Waals surface area (Å²) in [6, 6.07) is 1.26. The Hall–Kier alpha value is -0.450. The maximum atomic E-state index is 9.03. The number of thiazole rings is 1. The molecule has 0 aliphatic carbocycles. The number of likely N-dealkylation sites (tertiary alicyclic amines) is 1. The summed E-state index contributed by atoms with van der Waals surface area (Å²) in [4.78, 5) is 7.06. The minimum absolute atomic E-state index is 0.0645. The molecule has 1 aromatic rings. The zero-order valence-corrected chi connectivity index (χ0v) is 11.5. The number of hydrogen-bond acceptors (Lipinski definition) is 4. The van der Waals surface area contributed by atoms with Gasteiger partial charge in [0.15, 0.2) is 0 Å². The van der Waals surface area contributed by atoms with Crippen LogP contribution in [0.4, 0.5) is 0 Å². The third-order valence-corrected chi connectivity index (χ3v) is 4.43. The first-order valence-electron chi connectivity index (χ1n) is 6.50. The summed E-state index contributed by atoms with van der Waals surface area (Å²) in [6.07, 6.45) is 5.00. The van der Waals surface area contributed by atoms with Gasteiger partial charge in [0.25, 0.3) is 0 Å². The average Bonchev–Trinajstić information content (AvgIpc) is 2.77. The molecular formula is C13H22N2OS. The van der Waals surface area contributed by atoms with Crippen LogP contribution in [0.15, 0.2) is 5.38 Å². The fourth-order valence-corrected chi connectivity index (χ4v) is 3.50. The van der Waals surface area contributed by atoms with Crippen LogP contribution in [-0.4, -0.2) is 33.6 Å². The molecule has 2 heterocycles. The van der Waals surface area contributed by atoms with Gasteiger partial charge in [-0.2, -0.15) is 0 Å². The molecule has 17 heavy (non-hydrogen) atoms. The zero-order chi connectivity index (χ0) is 12.3. The van der Waals surface area contributed by atoms with Gasteiger partial charge in [0, 0.05) is 23.9 Å². The molecule has 1 fully saturated rings. The fourth-order valence-electron chi connectivity index (χ4n) is 2.64. The molecule has 96 valence electrons. The highest BCUT2D eigenvalue weighted by atomic mass is 32.1. The van der Waals surface area contributed by atoms with E-state index in [4.69, 9.17) is 5.11 Å². The Kier molecular flexibility index (Phi) is 4.54. The lowest BCUT2D eigenvalue weighted by Gasteiger charge is -2.38. The molecule has 1 aliphatic heterocycles. The standard InChI is InChI=1S/C13H22N2OS/c1-10(2)15-6-4-3-5-12(15)7-13-14-11(8-16)9-17-13/h9-10,12,16H,3-8H2,1-2H3. The fraction of sp³-hybridized carbons (Fsp3) is 0.769. The number of aromatic nitrogens is 1. The Morgan fingerprint density at radius 1 is 1.53 bits per heavy atom. The van der Waals surface area contributed by atoms with E-state index < -0.39 is 0 Å². The molecule has 2 rings (SSSR count). The maximum Gasteiger partial charge on any atom is 0.0944 e. The molecule has 0 amide bonds. The monoisotopic (exact) mass is 254 g/mol. The van der Waals surface area contributed by atoms with Crippen molar-refractivity contribution in [1.29, 1.82) is 0 Å². The quantitative estimate of drug-likeness (QED) is 0.896. The molecule has 1 atom stereocenters. The minimum atomic E-state index is 0.0645. The van der Waals surface area contributed by atoms with E-state index in [1.807, 2.05) is 5.38 Å². The lowest BCUT2D eigenvalue weighted by Crippen LogP contribution is -2.44. The first-order chi connectivity index (χ1) is 8.20. The van der Waals surface area contributed by atoms with Gasteiger partial charge >= 0.3 is 0 Å². The third-order valence-electron chi connectivity index (χ3n) is 3.51. The van der Waals surface area contributed by atoms with E-state index in [9.17, 15) is 0 Å². The molecule has 0 radical (unpaired) electrons. The van der Waals surface area contributed by atoms with E-state index in [0.29, 0.717) is 12.1 Å². The number of rotatable bonds is 4. The van der Waals surface area contributed by atoms with Crippen LogP contribution in [-0.2, 0) is 13.0 Å². The molecule has 0 aromatic carbocycles. The molecule has 0 bridgehead atoms. The van der Waals surface area contributed by atoms with Crippen LogP contribution in [0.1, 0.15) is 43.8 Å². The van der Waals surface area contributed by atoms with Gasteiger partial charge in [0.2, 0.25) is 0 Å². The summed E-state index contributed by atoms with van der Waals surface area (Å²) in [5.41, 5.74) is 0.817. The summed E-state index contributed by atoms with van der Waals surface area (Å²) in [5.74, 6) is 0.